The van der Waals surface area contributed by atoms with Crippen molar-refractivity contribution in [3.05, 3.63) is 30.1 Å². The molecule has 1 saturated heterocycles. The molecule has 1 aliphatic heterocycles. The lowest BCUT2D eigenvalue weighted by Gasteiger charge is -2.34. The van der Waals surface area contributed by atoms with E-state index in [1.165, 1.54) is 12.5 Å². The molecule has 5 heteroatoms. The maximum Gasteiger partial charge on any atom is 0.227 e. The fourth-order valence-electron chi connectivity index (χ4n) is 3.77. The molecule has 0 aromatic heterocycles. The Balaban J connectivity index is 1.50. The Morgan fingerprint density at radius 3 is 2.29 bits per heavy atom. The quantitative estimate of drug-likeness (QED) is 0.920. The Kier molecular flexibility index (Phi) is 5.48. The summed E-state index contributed by atoms with van der Waals surface area (Å²) in [4.78, 5) is 26.8. The van der Waals surface area contributed by atoms with Gasteiger partial charge >= 0.3 is 0 Å². The lowest BCUT2D eigenvalue weighted by molar-refractivity contribution is -0.139. The maximum atomic E-state index is 13.6. The fourth-order valence-corrected chi connectivity index (χ4v) is 3.77. The molecule has 24 heavy (non-hydrogen) atoms. The summed E-state index contributed by atoms with van der Waals surface area (Å²) in [5.74, 6) is -0.272. The van der Waals surface area contributed by atoms with E-state index in [1.54, 1.807) is 18.2 Å². The zero-order valence-corrected chi connectivity index (χ0v) is 14.0. The van der Waals surface area contributed by atoms with Gasteiger partial charge in [-0.3, -0.25) is 9.59 Å². The van der Waals surface area contributed by atoms with E-state index in [-0.39, 0.29) is 29.3 Å². The summed E-state index contributed by atoms with van der Waals surface area (Å²) in [5, 5.41) is 2.67. The van der Waals surface area contributed by atoms with Crippen LogP contribution in [0.15, 0.2) is 24.3 Å². The molecule has 3 rings (SSSR count). The zero-order valence-electron chi connectivity index (χ0n) is 14.0. The van der Waals surface area contributed by atoms with E-state index in [2.05, 4.69) is 5.32 Å². The van der Waals surface area contributed by atoms with Crippen LogP contribution >= 0.6 is 0 Å². The topological polar surface area (TPSA) is 49.4 Å². The maximum absolute atomic E-state index is 13.6. The number of amides is 2. The summed E-state index contributed by atoms with van der Waals surface area (Å²) in [5.41, 5.74) is 0.225. The van der Waals surface area contributed by atoms with Gasteiger partial charge in [0.25, 0.3) is 0 Å². The zero-order chi connectivity index (χ0) is 16.9. The number of anilines is 1. The second kappa shape index (κ2) is 7.77. The summed E-state index contributed by atoms with van der Waals surface area (Å²) in [6.07, 6.45) is 6.86. The molecule has 130 valence electrons. The van der Waals surface area contributed by atoms with Crippen LogP contribution in [-0.4, -0.2) is 29.8 Å². The van der Waals surface area contributed by atoms with Gasteiger partial charge in [0.2, 0.25) is 11.8 Å². The van der Waals surface area contributed by atoms with E-state index in [0.717, 1.165) is 25.7 Å². The number of hydrogen-bond donors (Lipinski definition) is 1. The van der Waals surface area contributed by atoms with E-state index >= 15 is 0 Å². The van der Waals surface area contributed by atoms with Gasteiger partial charge in [-0.2, -0.15) is 0 Å². The van der Waals surface area contributed by atoms with Crippen molar-refractivity contribution < 1.29 is 14.0 Å². The first-order valence-electron chi connectivity index (χ1n) is 8.99. The summed E-state index contributed by atoms with van der Waals surface area (Å²) < 4.78 is 13.6. The van der Waals surface area contributed by atoms with Gasteiger partial charge in [-0.1, -0.05) is 31.4 Å². The molecule has 1 N–H and O–H groups in total. The average Bonchev–Trinajstić information content (AvgIpc) is 2.64. The molecular formula is C19H25FN2O2. The number of nitrogens with zero attached hydrogens (tertiary/aromatic N) is 1. The molecule has 2 amide bonds. The van der Waals surface area contributed by atoms with Gasteiger partial charge < -0.3 is 10.2 Å². The number of carbonyl (C=O) groups is 2. The average molecular weight is 332 g/mol. The Labute approximate surface area is 142 Å². The van der Waals surface area contributed by atoms with Crippen LogP contribution in [-0.2, 0) is 9.59 Å². The fraction of sp³-hybridized carbons (Fsp3) is 0.579. The first-order valence-corrected chi connectivity index (χ1v) is 8.99. The number of rotatable bonds is 3. The third-order valence-corrected chi connectivity index (χ3v) is 5.26. The smallest absolute Gasteiger partial charge is 0.227 e. The number of hydrogen-bond acceptors (Lipinski definition) is 2. The van der Waals surface area contributed by atoms with Crippen molar-refractivity contribution >= 4 is 17.5 Å². The molecule has 1 heterocycles. The number of halogens is 1. The normalized spacial score (nSPS) is 20.0. The molecular weight excluding hydrogens is 307 g/mol. The molecule has 1 aromatic carbocycles. The van der Waals surface area contributed by atoms with Crippen molar-refractivity contribution in [1.29, 1.82) is 0 Å². The van der Waals surface area contributed by atoms with Crippen molar-refractivity contribution in [2.75, 3.05) is 18.4 Å². The highest BCUT2D eigenvalue weighted by atomic mass is 19.1. The minimum absolute atomic E-state index is 0.148. The predicted octanol–water partition coefficient (Wildman–Crippen LogP) is 3.58. The highest BCUT2D eigenvalue weighted by Gasteiger charge is 2.31. The van der Waals surface area contributed by atoms with Crippen molar-refractivity contribution in [1.82, 2.24) is 4.90 Å². The van der Waals surface area contributed by atoms with Gasteiger partial charge in [-0.05, 0) is 37.8 Å². The molecule has 0 spiro atoms. The second-order valence-corrected chi connectivity index (χ2v) is 6.90. The van der Waals surface area contributed by atoms with E-state index < -0.39 is 5.82 Å². The minimum atomic E-state index is -0.421. The van der Waals surface area contributed by atoms with E-state index in [9.17, 15) is 14.0 Å². The van der Waals surface area contributed by atoms with Gasteiger partial charge in [-0.15, -0.1) is 0 Å². The standard InChI is InChI=1S/C19H25FN2O2/c20-16-8-4-5-9-17(16)21-18(23)14-10-12-22(13-11-14)19(24)15-6-2-1-3-7-15/h4-5,8-9,14-15H,1-3,6-7,10-13H2,(H,21,23). The summed E-state index contributed by atoms with van der Waals surface area (Å²) >= 11 is 0. The molecule has 0 atom stereocenters. The molecule has 0 bridgehead atoms. The highest BCUT2D eigenvalue weighted by Crippen LogP contribution is 2.28. The third-order valence-electron chi connectivity index (χ3n) is 5.26. The number of carbonyl (C=O) groups excluding carboxylic acids is 2. The Morgan fingerprint density at radius 2 is 1.62 bits per heavy atom. The third kappa shape index (κ3) is 3.94. The van der Waals surface area contributed by atoms with Crippen LogP contribution in [0.1, 0.15) is 44.9 Å². The molecule has 4 nitrogen and oxygen atoms in total. The predicted molar refractivity (Wildman–Crippen MR) is 90.9 cm³/mol. The molecule has 0 unspecified atom stereocenters. The highest BCUT2D eigenvalue weighted by molar-refractivity contribution is 5.92. The number of nitrogens with one attached hydrogen (secondary N) is 1. The van der Waals surface area contributed by atoms with Crippen LogP contribution in [0.2, 0.25) is 0 Å². The van der Waals surface area contributed by atoms with Crippen LogP contribution in [0.3, 0.4) is 0 Å². The first kappa shape index (κ1) is 16.9. The lowest BCUT2D eigenvalue weighted by Crippen LogP contribution is -2.44. The number of likely N-dealkylation sites (tertiary alicyclic amines) is 1. The first-order chi connectivity index (χ1) is 11.6. The Morgan fingerprint density at radius 1 is 0.958 bits per heavy atom. The van der Waals surface area contributed by atoms with Crippen LogP contribution < -0.4 is 5.32 Å². The van der Waals surface area contributed by atoms with E-state index in [4.69, 9.17) is 0 Å². The minimum Gasteiger partial charge on any atom is -0.342 e. The monoisotopic (exact) mass is 332 g/mol. The van der Waals surface area contributed by atoms with Crippen molar-refractivity contribution in [2.24, 2.45) is 11.8 Å². The van der Waals surface area contributed by atoms with Crippen LogP contribution in [0.25, 0.3) is 0 Å². The van der Waals surface area contributed by atoms with Gasteiger partial charge in [0, 0.05) is 24.9 Å². The van der Waals surface area contributed by atoms with Crippen LogP contribution in [0.5, 0.6) is 0 Å². The van der Waals surface area contributed by atoms with Crippen LogP contribution in [0.4, 0.5) is 10.1 Å². The molecule has 2 aliphatic rings. The van der Waals surface area contributed by atoms with E-state index in [1.807, 2.05) is 4.90 Å². The Hall–Kier alpha value is -1.91. The number of para-hydroxylation sites is 1. The number of benzene rings is 1. The summed E-state index contributed by atoms with van der Waals surface area (Å²) in [7, 11) is 0. The molecule has 1 aromatic rings. The molecule has 1 saturated carbocycles. The number of piperidine rings is 1. The SMILES string of the molecule is O=C(Nc1ccccc1F)C1CCN(C(=O)C2CCCCC2)CC1. The van der Waals surface area contributed by atoms with Crippen molar-refractivity contribution in [2.45, 2.75) is 44.9 Å². The van der Waals surface area contributed by atoms with Crippen LogP contribution in [0, 0.1) is 17.7 Å². The summed E-state index contributed by atoms with van der Waals surface area (Å²) in [6, 6.07) is 6.19. The lowest BCUT2D eigenvalue weighted by atomic mass is 9.87. The van der Waals surface area contributed by atoms with Gasteiger partial charge in [0.1, 0.15) is 5.82 Å². The largest absolute Gasteiger partial charge is 0.342 e. The van der Waals surface area contributed by atoms with Crippen molar-refractivity contribution in [3.63, 3.8) is 0 Å². The molecule has 0 radical (unpaired) electrons. The van der Waals surface area contributed by atoms with Gasteiger partial charge in [0.05, 0.1) is 5.69 Å². The Bertz CT molecular complexity index is 591. The van der Waals surface area contributed by atoms with Gasteiger partial charge in [-0.25, -0.2) is 4.39 Å². The van der Waals surface area contributed by atoms with Gasteiger partial charge in [0.15, 0.2) is 0 Å². The molecule has 2 fully saturated rings. The second-order valence-electron chi connectivity index (χ2n) is 6.90. The molecule has 1 aliphatic carbocycles. The van der Waals surface area contributed by atoms with E-state index in [0.29, 0.717) is 25.9 Å². The summed E-state index contributed by atoms with van der Waals surface area (Å²) in [6.45, 7) is 1.26. The van der Waals surface area contributed by atoms with Crippen molar-refractivity contribution in [3.8, 4) is 0 Å².